The van der Waals surface area contributed by atoms with Gasteiger partial charge in [0.05, 0.1) is 5.69 Å². The monoisotopic (exact) mass is 287 g/mol. The van der Waals surface area contributed by atoms with Crippen LogP contribution in [0.1, 0.15) is 5.56 Å². The average Bonchev–Trinajstić information content (AvgIpc) is 3.00. The van der Waals surface area contributed by atoms with E-state index in [0.29, 0.717) is 5.82 Å². The lowest BCUT2D eigenvalue weighted by Gasteiger charge is -2.04. The zero-order valence-electron chi connectivity index (χ0n) is 12.0. The van der Waals surface area contributed by atoms with E-state index in [0.717, 1.165) is 27.9 Å². The number of fused-ring (bicyclic) bond motifs is 1. The molecule has 4 rings (SSSR count). The molecule has 0 unspecified atom stereocenters. The summed E-state index contributed by atoms with van der Waals surface area (Å²) in [5, 5.41) is 0.920. The Bertz CT molecular complexity index is 941. The molecule has 0 atom stereocenters. The first-order valence-electron chi connectivity index (χ1n) is 6.99. The van der Waals surface area contributed by atoms with Crippen LogP contribution in [0.15, 0.2) is 55.2 Å². The predicted molar refractivity (Wildman–Crippen MR) is 85.1 cm³/mol. The van der Waals surface area contributed by atoms with Crippen LogP contribution in [0.25, 0.3) is 33.7 Å². The van der Waals surface area contributed by atoms with Crippen LogP contribution in [0.3, 0.4) is 0 Å². The van der Waals surface area contributed by atoms with E-state index in [1.807, 2.05) is 12.3 Å². The molecule has 22 heavy (non-hydrogen) atoms. The first-order valence-corrected chi connectivity index (χ1v) is 6.99. The van der Waals surface area contributed by atoms with Gasteiger partial charge >= 0.3 is 0 Å². The van der Waals surface area contributed by atoms with Gasteiger partial charge in [0, 0.05) is 35.1 Å². The zero-order valence-corrected chi connectivity index (χ0v) is 12.0. The molecule has 0 saturated heterocycles. The highest BCUT2D eigenvalue weighted by Gasteiger charge is 2.10. The molecule has 0 aliphatic heterocycles. The number of aromatic amines is 1. The number of benzene rings is 1. The maximum absolute atomic E-state index is 4.68. The summed E-state index contributed by atoms with van der Waals surface area (Å²) in [5.41, 5.74) is 4.90. The molecule has 0 radical (unpaired) electrons. The maximum atomic E-state index is 4.68. The summed E-state index contributed by atoms with van der Waals surface area (Å²) < 4.78 is 0. The molecule has 5 heteroatoms. The van der Waals surface area contributed by atoms with Crippen molar-refractivity contribution in [3.8, 4) is 22.6 Å². The molecule has 5 nitrogen and oxygen atoms in total. The van der Waals surface area contributed by atoms with Crippen molar-refractivity contribution in [3.05, 3.63) is 60.8 Å². The zero-order chi connectivity index (χ0) is 14.9. The molecule has 4 aromatic rings. The van der Waals surface area contributed by atoms with Gasteiger partial charge in [-0.15, -0.1) is 0 Å². The fourth-order valence-corrected chi connectivity index (χ4v) is 2.42. The van der Waals surface area contributed by atoms with Gasteiger partial charge in [-0.1, -0.05) is 29.8 Å². The van der Waals surface area contributed by atoms with Crippen molar-refractivity contribution in [2.24, 2.45) is 0 Å². The minimum atomic E-state index is 0.666. The topological polar surface area (TPSA) is 67.3 Å². The molecule has 0 fully saturated rings. The Balaban J connectivity index is 1.83. The number of aromatic nitrogens is 5. The molecule has 3 heterocycles. The highest BCUT2D eigenvalue weighted by atomic mass is 14.9. The molecular formula is C17H13N5. The molecule has 0 spiro atoms. The third-order valence-corrected chi connectivity index (χ3v) is 3.60. The van der Waals surface area contributed by atoms with E-state index in [2.05, 4.69) is 56.1 Å². The van der Waals surface area contributed by atoms with E-state index in [4.69, 9.17) is 0 Å². The molecule has 0 bridgehead atoms. The second-order valence-corrected chi connectivity index (χ2v) is 5.12. The first kappa shape index (κ1) is 12.6. The quantitative estimate of drug-likeness (QED) is 0.613. The third-order valence-electron chi connectivity index (χ3n) is 3.60. The molecule has 1 aromatic carbocycles. The van der Waals surface area contributed by atoms with Gasteiger partial charge in [0.15, 0.2) is 5.82 Å². The van der Waals surface area contributed by atoms with Gasteiger partial charge in [-0.3, -0.25) is 0 Å². The summed E-state index contributed by atoms with van der Waals surface area (Å²) in [5.74, 6) is 0.666. The Morgan fingerprint density at radius 3 is 2.73 bits per heavy atom. The van der Waals surface area contributed by atoms with Crippen LogP contribution in [-0.2, 0) is 0 Å². The van der Waals surface area contributed by atoms with Crippen molar-refractivity contribution in [1.82, 2.24) is 24.9 Å². The van der Waals surface area contributed by atoms with Gasteiger partial charge in [-0.25, -0.2) is 19.9 Å². The van der Waals surface area contributed by atoms with Gasteiger partial charge in [0.1, 0.15) is 12.0 Å². The summed E-state index contributed by atoms with van der Waals surface area (Å²) >= 11 is 0. The van der Waals surface area contributed by atoms with Crippen molar-refractivity contribution >= 4 is 11.0 Å². The standard InChI is InChI=1S/C17H13N5/c1-11-2-4-12(5-3-11)15-6-7-19-17(22-15)14-9-20-16-13(14)8-18-10-21-16/h2-10H,1H3,(H,18,20,21). The van der Waals surface area contributed by atoms with E-state index in [9.17, 15) is 0 Å². The molecular weight excluding hydrogens is 274 g/mol. The lowest BCUT2D eigenvalue weighted by Crippen LogP contribution is -1.91. The Hall–Kier alpha value is -3.08. The van der Waals surface area contributed by atoms with Crippen LogP contribution < -0.4 is 0 Å². The number of hydrogen-bond donors (Lipinski definition) is 1. The van der Waals surface area contributed by atoms with Crippen molar-refractivity contribution < 1.29 is 0 Å². The Labute approximate surface area is 127 Å². The second kappa shape index (κ2) is 5.04. The SMILES string of the molecule is Cc1ccc(-c2ccnc(-c3c[nH]c4ncncc34)n2)cc1. The molecule has 0 saturated carbocycles. The number of H-pyrrole nitrogens is 1. The lowest BCUT2D eigenvalue weighted by molar-refractivity contribution is 1.18. The fourth-order valence-electron chi connectivity index (χ4n) is 2.42. The van der Waals surface area contributed by atoms with Crippen LogP contribution >= 0.6 is 0 Å². The Morgan fingerprint density at radius 2 is 1.86 bits per heavy atom. The van der Waals surface area contributed by atoms with Crippen molar-refractivity contribution in [2.45, 2.75) is 6.92 Å². The summed E-state index contributed by atoms with van der Waals surface area (Å²) in [4.78, 5) is 20.5. The number of nitrogens with one attached hydrogen (secondary N) is 1. The summed E-state index contributed by atoms with van der Waals surface area (Å²) in [6, 6.07) is 10.2. The highest BCUT2D eigenvalue weighted by Crippen LogP contribution is 2.26. The van der Waals surface area contributed by atoms with Crippen LogP contribution in [0.5, 0.6) is 0 Å². The normalized spacial score (nSPS) is 11.0. The minimum absolute atomic E-state index is 0.666. The van der Waals surface area contributed by atoms with E-state index < -0.39 is 0 Å². The lowest BCUT2D eigenvalue weighted by atomic mass is 10.1. The molecule has 1 N–H and O–H groups in total. The fraction of sp³-hybridized carbons (Fsp3) is 0.0588. The van der Waals surface area contributed by atoms with E-state index in [-0.39, 0.29) is 0 Å². The Kier molecular flexibility index (Phi) is 2.89. The van der Waals surface area contributed by atoms with Gasteiger partial charge < -0.3 is 4.98 Å². The van der Waals surface area contributed by atoms with Crippen LogP contribution in [0.4, 0.5) is 0 Å². The van der Waals surface area contributed by atoms with Crippen LogP contribution in [0.2, 0.25) is 0 Å². The van der Waals surface area contributed by atoms with Crippen molar-refractivity contribution in [3.63, 3.8) is 0 Å². The van der Waals surface area contributed by atoms with Crippen LogP contribution in [-0.4, -0.2) is 24.9 Å². The molecule has 106 valence electrons. The maximum Gasteiger partial charge on any atom is 0.162 e. The largest absolute Gasteiger partial charge is 0.345 e. The molecule has 0 amide bonds. The van der Waals surface area contributed by atoms with E-state index in [1.165, 1.54) is 11.9 Å². The molecule has 0 aliphatic carbocycles. The number of rotatable bonds is 2. The average molecular weight is 287 g/mol. The number of aryl methyl sites for hydroxylation is 1. The number of hydrogen-bond acceptors (Lipinski definition) is 4. The van der Waals surface area contributed by atoms with E-state index in [1.54, 1.807) is 12.4 Å². The van der Waals surface area contributed by atoms with Gasteiger partial charge in [0.25, 0.3) is 0 Å². The predicted octanol–water partition coefficient (Wildman–Crippen LogP) is 3.39. The molecule has 0 aliphatic rings. The van der Waals surface area contributed by atoms with Gasteiger partial charge in [-0.2, -0.15) is 0 Å². The van der Waals surface area contributed by atoms with Crippen molar-refractivity contribution in [2.75, 3.05) is 0 Å². The highest BCUT2D eigenvalue weighted by molar-refractivity contribution is 5.91. The van der Waals surface area contributed by atoms with Crippen LogP contribution in [0, 0.1) is 6.92 Å². The van der Waals surface area contributed by atoms with Gasteiger partial charge in [-0.05, 0) is 13.0 Å². The Morgan fingerprint density at radius 1 is 1.00 bits per heavy atom. The number of nitrogens with zero attached hydrogens (tertiary/aromatic N) is 4. The molecule has 3 aromatic heterocycles. The second-order valence-electron chi connectivity index (χ2n) is 5.12. The first-order chi connectivity index (χ1) is 10.8. The van der Waals surface area contributed by atoms with Gasteiger partial charge in [0.2, 0.25) is 0 Å². The minimum Gasteiger partial charge on any atom is -0.345 e. The summed E-state index contributed by atoms with van der Waals surface area (Å²) in [6.45, 7) is 2.07. The van der Waals surface area contributed by atoms with Crippen molar-refractivity contribution in [1.29, 1.82) is 0 Å². The summed E-state index contributed by atoms with van der Waals surface area (Å²) in [7, 11) is 0. The summed E-state index contributed by atoms with van der Waals surface area (Å²) in [6.07, 6.45) is 6.94. The van der Waals surface area contributed by atoms with E-state index >= 15 is 0 Å². The third kappa shape index (κ3) is 2.13. The smallest absolute Gasteiger partial charge is 0.162 e.